The molecular weight excluding hydrogens is 272 g/mol. The molecule has 1 aromatic carbocycles. The van der Waals surface area contributed by atoms with Gasteiger partial charge in [0.2, 0.25) is 5.91 Å². The van der Waals surface area contributed by atoms with Crippen molar-refractivity contribution in [3.63, 3.8) is 0 Å². The third-order valence-electron chi connectivity index (χ3n) is 3.90. The van der Waals surface area contributed by atoms with Crippen LogP contribution in [0.3, 0.4) is 0 Å². The molecule has 110 valence electrons. The number of hydrogen-bond acceptors (Lipinski definition) is 4. The minimum absolute atomic E-state index is 0.219. The molecular formula is C15H16N2O4. The van der Waals surface area contributed by atoms with Gasteiger partial charge in [-0.3, -0.25) is 19.7 Å². The largest absolute Gasteiger partial charge is 0.338 e. The van der Waals surface area contributed by atoms with Crippen LogP contribution in [0.2, 0.25) is 0 Å². The van der Waals surface area contributed by atoms with Crippen LogP contribution < -0.4 is 5.32 Å². The van der Waals surface area contributed by atoms with E-state index in [2.05, 4.69) is 5.32 Å². The number of hydrogen-bond donors (Lipinski definition) is 1. The quantitative estimate of drug-likeness (QED) is 0.678. The zero-order valence-electron chi connectivity index (χ0n) is 11.9. The third kappa shape index (κ3) is 2.22. The Morgan fingerprint density at radius 1 is 1.10 bits per heavy atom. The van der Waals surface area contributed by atoms with E-state index in [0.29, 0.717) is 4.90 Å². The molecule has 6 heteroatoms. The normalized spacial score (nSPS) is 17.6. The van der Waals surface area contributed by atoms with E-state index in [9.17, 15) is 19.2 Å². The van der Waals surface area contributed by atoms with Gasteiger partial charge in [-0.1, -0.05) is 32.0 Å². The zero-order valence-corrected chi connectivity index (χ0v) is 11.9. The first-order chi connectivity index (χ1) is 9.97. The summed E-state index contributed by atoms with van der Waals surface area (Å²) in [5.41, 5.74) is -1.14. The highest BCUT2D eigenvalue weighted by Crippen LogP contribution is 2.32. The third-order valence-corrected chi connectivity index (χ3v) is 3.90. The first-order valence-corrected chi connectivity index (χ1v) is 6.77. The lowest BCUT2D eigenvalue weighted by Crippen LogP contribution is -2.64. The molecule has 1 N–H and O–H groups in total. The van der Waals surface area contributed by atoms with Crippen molar-refractivity contribution in [3.05, 3.63) is 35.9 Å². The Morgan fingerprint density at radius 3 is 2.19 bits per heavy atom. The number of nitrogens with zero attached hydrogens (tertiary/aromatic N) is 1. The van der Waals surface area contributed by atoms with E-state index in [0.717, 1.165) is 0 Å². The molecule has 21 heavy (non-hydrogen) atoms. The average Bonchev–Trinajstić information content (AvgIpc) is 2.49. The summed E-state index contributed by atoms with van der Waals surface area (Å²) in [7, 11) is 0. The Bertz CT molecular complexity index is 605. The summed E-state index contributed by atoms with van der Waals surface area (Å²) >= 11 is 0. The number of amides is 5. The molecule has 1 aliphatic rings. The molecule has 1 aromatic rings. The molecule has 0 saturated carbocycles. The van der Waals surface area contributed by atoms with E-state index in [1.807, 2.05) is 0 Å². The Labute approximate surface area is 122 Å². The molecule has 1 saturated heterocycles. The standard InChI is InChI=1S/C15H16N2O4/c1-3-15(4-2)12(19)16-14(21)17(13(15)20)11(18)10-8-6-5-7-9-10/h5-9H,3-4H2,1-2H3,(H,16,19,21). The van der Waals surface area contributed by atoms with Gasteiger partial charge in [0, 0.05) is 5.56 Å². The second-order valence-corrected chi connectivity index (χ2v) is 4.86. The number of carbonyl (C=O) groups is 4. The molecule has 1 aliphatic heterocycles. The molecule has 5 amide bonds. The van der Waals surface area contributed by atoms with Crippen molar-refractivity contribution in [3.8, 4) is 0 Å². The Hall–Kier alpha value is -2.50. The molecule has 0 aromatic heterocycles. The highest BCUT2D eigenvalue weighted by molar-refractivity contribution is 6.27. The van der Waals surface area contributed by atoms with E-state index >= 15 is 0 Å². The van der Waals surface area contributed by atoms with Crippen LogP contribution in [-0.2, 0) is 9.59 Å². The molecule has 0 spiro atoms. The Kier molecular flexibility index (Phi) is 3.88. The molecule has 0 bridgehead atoms. The predicted octanol–water partition coefficient (Wildman–Crippen LogP) is 1.71. The van der Waals surface area contributed by atoms with Crippen molar-refractivity contribution in [1.29, 1.82) is 0 Å². The van der Waals surface area contributed by atoms with Crippen LogP contribution in [0.15, 0.2) is 30.3 Å². The summed E-state index contributed by atoms with van der Waals surface area (Å²) in [6.07, 6.45) is 0.444. The molecule has 0 radical (unpaired) electrons. The summed E-state index contributed by atoms with van der Waals surface area (Å²) in [4.78, 5) is 49.4. The van der Waals surface area contributed by atoms with Crippen molar-refractivity contribution in [1.82, 2.24) is 10.2 Å². The van der Waals surface area contributed by atoms with Crippen molar-refractivity contribution in [2.24, 2.45) is 5.41 Å². The predicted molar refractivity (Wildman–Crippen MR) is 74.2 cm³/mol. The summed E-state index contributed by atoms with van der Waals surface area (Å²) in [6.45, 7) is 3.36. The average molecular weight is 288 g/mol. The Morgan fingerprint density at radius 2 is 1.67 bits per heavy atom. The van der Waals surface area contributed by atoms with Crippen LogP contribution in [0.1, 0.15) is 37.0 Å². The lowest BCUT2D eigenvalue weighted by Gasteiger charge is -2.37. The van der Waals surface area contributed by atoms with Gasteiger partial charge in [-0.25, -0.2) is 4.79 Å². The molecule has 0 unspecified atom stereocenters. The fraction of sp³-hybridized carbons (Fsp3) is 0.333. The van der Waals surface area contributed by atoms with E-state index in [-0.39, 0.29) is 18.4 Å². The van der Waals surface area contributed by atoms with Gasteiger partial charge in [-0.05, 0) is 25.0 Å². The molecule has 1 fully saturated rings. The van der Waals surface area contributed by atoms with Crippen molar-refractivity contribution in [2.45, 2.75) is 26.7 Å². The van der Waals surface area contributed by atoms with Crippen LogP contribution in [0.4, 0.5) is 4.79 Å². The fourth-order valence-electron chi connectivity index (χ4n) is 2.44. The van der Waals surface area contributed by atoms with E-state index < -0.39 is 29.2 Å². The van der Waals surface area contributed by atoms with Crippen molar-refractivity contribution >= 4 is 23.8 Å². The number of urea groups is 1. The number of imide groups is 4. The monoisotopic (exact) mass is 288 g/mol. The van der Waals surface area contributed by atoms with Gasteiger partial charge in [0.1, 0.15) is 5.41 Å². The van der Waals surface area contributed by atoms with Crippen molar-refractivity contribution < 1.29 is 19.2 Å². The topological polar surface area (TPSA) is 83.6 Å². The van der Waals surface area contributed by atoms with Crippen LogP contribution in [0.5, 0.6) is 0 Å². The minimum Gasteiger partial charge on any atom is -0.276 e. The van der Waals surface area contributed by atoms with Gasteiger partial charge in [0.15, 0.2) is 0 Å². The molecule has 1 heterocycles. The van der Waals surface area contributed by atoms with Gasteiger partial charge < -0.3 is 0 Å². The lowest BCUT2D eigenvalue weighted by molar-refractivity contribution is -0.150. The lowest BCUT2D eigenvalue weighted by atomic mass is 9.78. The van der Waals surface area contributed by atoms with Crippen LogP contribution in [0, 0.1) is 5.41 Å². The molecule has 0 atom stereocenters. The highest BCUT2D eigenvalue weighted by atomic mass is 16.2. The number of carbonyl (C=O) groups excluding carboxylic acids is 4. The molecule has 6 nitrogen and oxygen atoms in total. The van der Waals surface area contributed by atoms with Crippen LogP contribution in [-0.4, -0.2) is 28.7 Å². The maximum atomic E-state index is 12.6. The minimum atomic E-state index is -1.36. The first kappa shape index (κ1) is 14.9. The maximum Gasteiger partial charge on any atom is 0.338 e. The fourth-order valence-corrected chi connectivity index (χ4v) is 2.44. The summed E-state index contributed by atoms with van der Waals surface area (Å²) < 4.78 is 0. The summed E-state index contributed by atoms with van der Waals surface area (Å²) in [5.74, 6) is -2.12. The summed E-state index contributed by atoms with van der Waals surface area (Å²) in [6, 6.07) is 7.03. The second kappa shape index (κ2) is 5.47. The van der Waals surface area contributed by atoms with Crippen molar-refractivity contribution in [2.75, 3.05) is 0 Å². The van der Waals surface area contributed by atoms with Crippen LogP contribution >= 0.6 is 0 Å². The van der Waals surface area contributed by atoms with Gasteiger partial charge in [0.05, 0.1) is 0 Å². The highest BCUT2D eigenvalue weighted by Gasteiger charge is 2.53. The zero-order chi connectivity index (χ0) is 15.6. The van der Waals surface area contributed by atoms with E-state index in [1.165, 1.54) is 12.1 Å². The molecule has 2 rings (SSSR count). The van der Waals surface area contributed by atoms with Gasteiger partial charge >= 0.3 is 6.03 Å². The summed E-state index contributed by atoms with van der Waals surface area (Å²) in [5, 5.41) is 2.11. The number of benzene rings is 1. The van der Waals surface area contributed by atoms with Gasteiger partial charge in [-0.15, -0.1) is 0 Å². The van der Waals surface area contributed by atoms with E-state index in [1.54, 1.807) is 32.0 Å². The van der Waals surface area contributed by atoms with Gasteiger partial charge in [-0.2, -0.15) is 4.90 Å². The second-order valence-electron chi connectivity index (χ2n) is 4.86. The number of nitrogens with one attached hydrogen (secondary N) is 1. The Balaban J connectivity index is 2.43. The van der Waals surface area contributed by atoms with Crippen LogP contribution in [0.25, 0.3) is 0 Å². The van der Waals surface area contributed by atoms with E-state index in [4.69, 9.17) is 0 Å². The SMILES string of the molecule is CCC1(CC)C(=O)NC(=O)N(C(=O)c2ccccc2)C1=O. The first-order valence-electron chi connectivity index (χ1n) is 6.77. The molecule has 0 aliphatic carbocycles. The number of barbiturate groups is 1. The van der Waals surface area contributed by atoms with Gasteiger partial charge in [0.25, 0.3) is 11.8 Å². The number of rotatable bonds is 3. The smallest absolute Gasteiger partial charge is 0.276 e. The maximum absolute atomic E-state index is 12.6.